The molecule has 0 spiro atoms. The first-order valence-electron chi connectivity index (χ1n) is 8.05. The monoisotopic (exact) mass is 367 g/mol. The Kier molecular flexibility index (Phi) is 4.87. The van der Waals surface area contributed by atoms with Gasteiger partial charge in [-0.05, 0) is 38.1 Å². The molecule has 26 heavy (non-hydrogen) atoms. The number of rotatable bonds is 5. The van der Waals surface area contributed by atoms with Crippen LogP contribution in [0.15, 0.2) is 59.5 Å². The van der Waals surface area contributed by atoms with Gasteiger partial charge in [-0.15, -0.1) is 0 Å². The zero-order valence-corrected chi connectivity index (χ0v) is 15.1. The van der Waals surface area contributed by atoms with Crippen molar-refractivity contribution in [2.24, 2.45) is 0 Å². The van der Waals surface area contributed by atoms with E-state index >= 15 is 0 Å². The lowest BCUT2D eigenvalue weighted by Gasteiger charge is -2.17. The molecule has 1 atom stereocenters. The first kappa shape index (κ1) is 17.8. The van der Waals surface area contributed by atoms with E-state index in [1.54, 1.807) is 56.3 Å². The Morgan fingerprint density at radius 1 is 0.962 bits per heavy atom. The summed E-state index contributed by atoms with van der Waals surface area (Å²) in [5.41, 5.74) is 1.08. The summed E-state index contributed by atoms with van der Waals surface area (Å²) in [5.74, 6) is 0.0600. The molecule has 7 heteroatoms. The van der Waals surface area contributed by atoms with Crippen LogP contribution in [0.2, 0.25) is 0 Å². The summed E-state index contributed by atoms with van der Waals surface area (Å²) in [6.45, 7) is 3.60. The number of fused-ring (bicyclic) bond motifs is 1. The summed E-state index contributed by atoms with van der Waals surface area (Å²) in [7, 11) is -3.97. The van der Waals surface area contributed by atoms with Crippen molar-refractivity contribution in [3.05, 3.63) is 60.3 Å². The van der Waals surface area contributed by atoms with Gasteiger partial charge >= 0.3 is 0 Å². The largest absolute Gasteiger partial charge is 0.474 e. The number of hydrogen-bond acceptors (Lipinski definition) is 6. The lowest BCUT2D eigenvalue weighted by atomic mass is 10.2. The molecule has 0 saturated heterocycles. The SMILES string of the molecule is CC(C)Oc1nc2ccccc2nc1C(C#N)S(=O)(=O)c1ccccc1. The molecule has 132 valence electrons. The zero-order valence-electron chi connectivity index (χ0n) is 14.3. The van der Waals surface area contributed by atoms with Gasteiger partial charge in [-0.2, -0.15) is 5.26 Å². The lowest BCUT2D eigenvalue weighted by Crippen LogP contribution is -2.18. The molecule has 3 rings (SSSR count). The highest BCUT2D eigenvalue weighted by atomic mass is 32.2. The van der Waals surface area contributed by atoms with E-state index in [1.807, 2.05) is 6.07 Å². The molecular formula is C19H17N3O3S. The van der Waals surface area contributed by atoms with Crippen molar-refractivity contribution in [2.45, 2.75) is 30.1 Å². The van der Waals surface area contributed by atoms with Gasteiger partial charge in [0.2, 0.25) is 15.7 Å². The van der Waals surface area contributed by atoms with Crippen LogP contribution in [0.1, 0.15) is 24.8 Å². The first-order chi connectivity index (χ1) is 12.4. The van der Waals surface area contributed by atoms with E-state index in [9.17, 15) is 13.7 Å². The quantitative estimate of drug-likeness (QED) is 0.686. The van der Waals surface area contributed by atoms with Crippen molar-refractivity contribution in [1.29, 1.82) is 5.26 Å². The topological polar surface area (TPSA) is 92.9 Å². The predicted octanol–water partition coefficient (Wildman–Crippen LogP) is 3.46. The van der Waals surface area contributed by atoms with Crippen molar-refractivity contribution >= 4 is 20.9 Å². The molecule has 1 aromatic heterocycles. The smallest absolute Gasteiger partial charge is 0.239 e. The molecule has 1 heterocycles. The van der Waals surface area contributed by atoms with Gasteiger partial charge in [0.25, 0.3) is 0 Å². The molecule has 0 N–H and O–H groups in total. The first-order valence-corrected chi connectivity index (χ1v) is 9.60. The van der Waals surface area contributed by atoms with Crippen LogP contribution < -0.4 is 4.74 Å². The second kappa shape index (κ2) is 7.10. The van der Waals surface area contributed by atoms with Gasteiger partial charge < -0.3 is 4.74 Å². The molecule has 0 aliphatic carbocycles. The normalized spacial score (nSPS) is 12.7. The summed E-state index contributed by atoms with van der Waals surface area (Å²) < 4.78 is 31.7. The van der Waals surface area contributed by atoms with Gasteiger partial charge in [-0.3, -0.25) is 0 Å². The Balaban J connectivity index is 2.22. The van der Waals surface area contributed by atoms with Crippen LogP contribution in [0.5, 0.6) is 5.88 Å². The number of ether oxygens (including phenoxy) is 1. The van der Waals surface area contributed by atoms with Crippen molar-refractivity contribution in [3.63, 3.8) is 0 Å². The maximum Gasteiger partial charge on any atom is 0.239 e. The summed E-state index contributed by atoms with van der Waals surface area (Å²) >= 11 is 0. The van der Waals surface area contributed by atoms with Crippen molar-refractivity contribution in [1.82, 2.24) is 9.97 Å². The minimum absolute atomic E-state index is 0.00348. The third-order valence-corrected chi connectivity index (χ3v) is 5.54. The van der Waals surface area contributed by atoms with Crippen LogP contribution in [0, 0.1) is 11.3 Å². The third kappa shape index (κ3) is 3.37. The summed E-state index contributed by atoms with van der Waals surface area (Å²) in [6, 6.07) is 16.8. The second-order valence-corrected chi connectivity index (χ2v) is 7.97. The molecule has 1 unspecified atom stereocenters. The van der Waals surface area contributed by atoms with Crippen molar-refractivity contribution in [2.75, 3.05) is 0 Å². The van der Waals surface area contributed by atoms with E-state index in [2.05, 4.69) is 9.97 Å². The third-order valence-electron chi connectivity index (χ3n) is 3.66. The summed E-state index contributed by atoms with van der Waals surface area (Å²) in [6.07, 6.45) is -0.247. The van der Waals surface area contributed by atoms with Crippen molar-refractivity contribution < 1.29 is 13.2 Å². The number of nitriles is 1. The number of sulfone groups is 1. The van der Waals surface area contributed by atoms with Gasteiger partial charge in [-0.1, -0.05) is 30.3 Å². The van der Waals surface area contributed by atoms with Crippen molar-refractivity contribution in [3.8, 4) is 11.9 Å². The maximum absolute atomic E-state index is 13.0. The van der Waals surface area contributed by atoms with Gasteiger partial charge in [0.05, 0.1) is 28.1 Å². The van der Waals surface area contributed by atoms with E-state index in [-0.39, 0.29) is 22.6 Å². The van der Waals surface area contributed by atoms with Gasteiger partial charge in [0, 0.05) is 0 Å². The predicted molar refractivity (Wildman–Crippen MR) is 97.3 cm³/mol. The number of benzene rings is 2. The molecule has 0 aliphatic rings. The van der Waals surface area contributed by atoms with Crippen LogP contribution >= 0.6 is 0 Å². The molecule has 0 bridgehead atoms. The number of nitrogens with zero attached hydrogens (tertiary/aromatic N) is 3. The van der Waals surface area contributed by atoms with Crippen LogP contribution in [0.25, 0.3) is 11.0 Å². The van der Waals surface area contributed by atoms with E-state index < -0.39 is 15.1 Å². The van der Waals surface area contributed by atoms with Gasteiger partial charge in [0.1, 0.15) is 5.69 Å². The Morgan fingerprint density at radius 2 is 1.54 bits per heavy atom. The van der Waals surface area contributed by atoms with Crippen LogP contribution in [-0.4, -0.2) is 24.5 Å². The Bertz CT molecular complexity index is 1070. The fourth-order valence-corrected chi connectivity index (χ4v) is 3.90. The molecule has 0 saturated carbocycles. The highest BCUT2D eigenvalue weighted by Crippen LogP contribution is 2.33. The fraction of sp³-hybridized carbons (Fsp3) is 0.211. The summed E-state index contributed by atoms with van der Waals surface area (Å²) in [5, 5.41) is 8.14. The van der Waals surface area contributed by atoms with Crippen LogP contribution in [-0.2, 0) is 9.84 Å². The fourth-order valence-electron chi connectivity index (χ4n) is 2.50. The van der Waals surface area contributed by atoms with E-state index in [1.165, 1.54) is 12.1 Å². The Labute approximate surface area is 152 Å². The lowest BCUT2D eigenvalue weighted by molar-refractivity contribution is 0.230. The maximum atomic E-state index is 13.0. The molecule has 0 radical (unpaired) electrons. The minimum Gasteiger partial charge on any atom is -0.474 e. The van der Waals surface area contributed by atoms with E-state index in [0.29, 0.717) is 11.0 Å². The molecular weight excluding hydrogens is 350 g/mol. The highest BCUT2D eigenvalue weighted by molar-refractivity contribution is 7.92. The zero-order chi connectivity index (χ0) is 18.7. The molecule has 0 aliphatic heterocycles. The molecule has 0 fully saturated rings. The van der Waals surface area contributed by atoms with E-state index in [0.717, 1.165) is 0 Å². The van der Waals surface area contributed by atoms with Gasteiger partial charge in [0.15, 0.2) is 5.25 Å². The molecule has 6 nitrogen and oxygen atoms in total. The Morgan fingerprint density at radius 3 is 2.12 bits per heavy atom. The van der Waals surface area contributed by atoms with E-state index in [4.69, 9.17) is 4.74 Å². The second-order valence-electron chi connectivity index (χ2n) is 5.94. The van der Waals surface area contributed by atoms with Crippen LogP contribution in [0.4, 0.5) is 0 Å². The average molecular weight is 367 g/mol. The molecule has 0 amide bonds. The van der Waals surface area contributed by atoms with Crippen LogP contribution in [0.3, 0.4) is 0 Å². The highest BCUT2D eigenvalue weighted by Gasteiger charge is 2.34. The number of para-hydroxylation sites is 2. The number of hydrogen-bond donors (Lipinski definition) is 0. The standard InChI is InChI=1S/C19H17N3O3S/c1-13(2)25-19-18(21-15-10-6-7-11-16(15)22-19)17(12-20)26(23,24)14-8-4-3-5-9-14/h3-11,13,17H,1-2H3. The number of aromatic nitrogens is 2. The molecule has 3 aromatic rings. The van der Waals surface area contributed by atoms with Gasteiger partial charge in [-0.25, -0.2) is 18.4 Å². The molecule has 2 aromatic carbocycles. The summed E-state index contributed by atoms with van der Waals surface area (Å²) in [4.78, 5) is 8.85. The minimum atomic E-state index is -3.97. The Hall–Kier alpha value is -2.98. The average Bonchev–Trinajstić information content (AvgIpc) is 2.62.